The third-order valence-electron chi connectivity index (χ3n) is 2.22. The van der Waals surface area contributed by atoms with E-state index in [0.717, 1.165) is 11.4 Å². The molecule has 0 aliphatic rings. The maximum absolute atomic E-state index is 11.5. The summed E-state index contributed by atoms with van der Waals surface area (Å²) in [6.45, 7) is 4.35. The van der Waals surface area contributed by atoms with E-state index in [-0.39, 0.29) is 11.9 Å². The molecule has 1 rings (SSSR count). The molecule has 0 fully saturated rings. The molecule has 88 valence electrons. The molecule has 4 heteroatoms. The van der Waals surface area contributed by atoms with Gasteiger partial charge >= 0.3 is 0 Å². The molecule has 1 aromatic rings. The lowest BCUT2D eigenvalue weighted by Gasteiger charge is -2.16. The first-order valence-electron chi connectivity index (χ1n) is 5.36. The van der Waals surface area contributed by atoms with E-state index >= 15 is 0 Å². The average molecular weight is 222 g/mol. The van der Waals surface area contributed by atoms with Gasteiger partial charge in [0.1, 0.15) is 11.8 Å². The Kier molecular flexibility index (Phi) is 4.64. The highest BCUT2D eigenvalue weighted by atomic mass is 16.5. The van der Waals surface area contributed by atoms with Crippen LogP contribution in [0.5, 0.6) is 5.75 Å². The first kappa shape index (κ1) is 12.4. The summed E-state index contributed by atoms with van der Waals surface area (Å²) in [5.74, 6) is 0.715. The van der Waals surface area contributed by atoms with Gasteiger partial charge in [0.2, 0.25) is 5.91 Å². The maximum atomic E-state index is 11.5. The Morgan fingerprint density at radius 3 is 2.75 bits per heavy atom. The third kappa shape index (κ3) is 3.15. The summed E-state index contributed by atoms with van der Waals surface area (Å²) >= 11 is 0. The van der Waals surface area contributed by atoms with Crippen molar-refractivity contribution in [2.45, 2.75) is 19.9 Å². The van der Waals surface area contributed by atoms with Gasteiger partial charge in [-0.2, -0.15) is 0 Å². The van der Waals surface area contributed by atoms with E-state index in [1.54, 1.807) is 7.11 Å². The van der Waals surface area contributed by atoms with Crippen LogP contribution in [0.3, 0.4) is 0 Å². The van der Waals surface area contributed by atoms with Crippen LogP contribution in [0.15, 0.2) is 24.3 Å². The van der Waals surface area contributed by atoms with Crippen molar-refractivity contribution in [2.24, 2.45) is 0 Å². The molecule has 1 aromatic carbocycles. The van der Waals surface area contributed by atoms with Crippen LogP contribution < -0.4 is 15.4 Å². The van der Waals surface area contributed by atoms with E-state index in [0.29, 0.717) is 6.54 Å². The van der Waals surface area contributed by atoms with Gasteiger partial charge in [-0.3, -0.25) is 4.79 Å². The van der Waals surface area contributed by atoms with Crippen LogP contribution in [0.2, 0.25) is 0 Å². The number of hydrogen-bond acceptors (Lipinski definition) is 3. The molecule has 0 aliphatic carbocycles. The highest BCUT2D eigenvalue weighted by Gasteiger charge is 2.12. The number of carbonyl (C=O) groups is 1. The minimum atomic E-state index is -0.281. The van der Waals surface area contributed by atoms with Gasteiger partial charge in [0.15, 0.2) is 0 Å². The minimum Gasteiger partial charge on any atom is -0.495 e. The first-order valence-corrected chi connectivity index (χ1v) is 5.36. The van der Waals surface area contributed by atoms with Crippen LogP contribution in [-0.2, 0) is 4.79 Å². The molecule has 0 saturated carbocycles. The number of nitrogens with one attached hydrogen (secondary N) is 2. The van der Waals surface area contributed by atoms with Crippen LogP contribution in [0.1, 0.15) is 13.8 Å². The molecular weight excluding hydrogens is 204 g/mol. The van der Waals surface area contributed by atoms with E-state index in [1.807, 2.05) is 38.1 Å². The number of benzene rings is 1. The summed E-state index contributed by atoms with van der Waals surface area (Å²) < 4.78 is 5.19. The zero-order chi connectivity index (χ0) is 12.0. The number of hydrogen-bond donors (Lipinski definition) is 2. The van der Waals surface area contributed by atoms with E-state index < -0.39 is 0 Å². The molecule has 4 nitrogen and oxygen atoms in total. The number of carbonyl (C=O) groups excluding carboxylic acids is 1. The fraction of sp³-hybridized carbons (Fsp3) is 0.417. The van der Waals surface area contributed by atoms with Gasteiger partial charge < -0.3 is 15.4 Å². The fourth-order valence-corrected chi connectivity index (χ4v) is 1.39. The molecule has 16 heavy (non-hydrogen) atoms. The van der Waals surface area contributed by atoms with E-state index in [9.17, 15) is 4.79 Å². The minimum absolute atomic E-state index is 0.0200. The Morgan fingerprint density at radius 1 is 1.44 bits per heavy atom. The zero-order valence-corrected chi connectivity index (χ0v) is 9.91. The Bertz CT molecular complexity index is 353. The fourth-order valence-electron chi connectivity index (χ4n) is 1.39. The van der Waals surface area contributed by atoms with Crippen molar-refractivity contribution in [3.8, 4) is 5.75 Å². The van der Waals surface area contributed by atoms with Crippen molar-refractivity contribution >= 4 is 11.6 Å². The van der Waals surface area contributed by atoms with Crippen LogP contribution in [-0.4, -0.2) is 25.6 Å². The Labute approximate surface area is 96.0 Å². The van der Waals surface area contributed by atoms with Crippen LogP contribution in [0.25, 0.3) is 0 Å². The van der Waals surface area contributed by atoms with Crippen molar-refractivity contribution < 1.29 is 9.53 Å². The van der Waals surface area contributed by atoms with Crippen LogP contribution in [0, 0.1) is 0 Å². The molecule has 0 heterocycles. The normalized spacial score (nSPS) is 11.7. The maximum Gasteiger partial charge on any atom is 0.242 e. The highest BCUT2D eigenvalue weighted by molar-refractivity contribution is 5.84. The average Bonchev–Trinajstić information content (AvgIpc) is 2.30. The summed E-state index contributed by atoms with van der Waals surface area (Å²) in [4.78, 5) is 11.5. The highest BCUT2D eigenvalue weighted by Crippen LogP contribution is 2.23. The van der Waals surface area contributed by atoms with Gasteiger partial charge in [0.05, 0.1) is 12.8 Å². The topological polar surface area (TPSA) is 50.4 Å². The number of ether oxygens (including phenoxy) is 1. The molecule has 0 aliphatic heterocycles. The van der Waals surface area contributed by atoms with Crippen molar-refractivity contribution in [1.29, 1.82) is 0 Å². The SMILES string of the molecule is CCNC(=O)[C@H](C)Nc1ccccc1OC. The number of amides is 1. The van der Waals surface area contributed by atoms with Gasteiger partial charge in [-0.15, -0.1) is 0 Å². The molecule has 2 N–H and O–H groups in total. The third-order valence-corrected chi connectivity index (χ3v) is 2.22. The van der Waals surface area contributed by atoms with Gasteiger partial charge in [-0.1, -0.05) is 12.1 Å². The molecule has 0 radical (unpaired) electrons. The summed E-state index contributed by atoms with van der Waals surface area (Å²) in [6, 6.07) is 7.24. The van der Waals surface area contributed by atoms with E-state index in [4.69, 9.17) is 4.74 Å². The monoisotopic (exact) mass is 222 g/mol. The molecule has 0 bridgehead atoms. The quantitative estimate of drug-likeness (QED) is 0.796. The lowest BCUT2D eigenvalue weighted by molar-refractivity contribution is -0.121. The van der Waals surface area contributed by atoms with E-state index in [1.165, 1.54) is 0 Å². The largest absolute Gasteiger partial charge is 0.495 e. The van der Waals surface area contributed by atoms with Crippen molar-refractivity contribution in [2.75, 3.05) is 19.0 Å². The van der Waals surface area contributed by atoms with Gasteiger partial charge in [-0.25, -0.2) is 0 Å². The predicted octanol–water partition coefficient (Wildman–Crippen LogP) is 1.63. The van der Waals surface area contributed by atoms with Crippen molar-refractivity contribution in [3.05, 3.63) is 24.3 Å². The molecule has 1 amide bonds. The zero-order valence-electron chi connectivity index (χ0n) is 9.91. The molecule has 0 spiro atoms. The Balaban J connectivity index is 2.68. The standard InChI is InChI=1S/C12H18N2O2/c1-4-13-12(15)9(2)14-10-7-5-6-8-11(10)16-3/h5-9,14H,4H2,1-3H3,(H,13,15)/t9-/m0/s1. The smallest absolute Gasteiger partial charge is 0.242 e. The Morgan fingerprint density at radius 2 is 2.12 bits per heavy atom. The number of methoxy groups -OCH3 is 1. The first-order chi connectivity index (χ1) is 7.69. The lowest BCUT2D eigenvalue weighted by atomic mass is 10.2. The molecule has 0 saturated heterocycles. The summed E-state index contributed by atoms with van der Waals surface area (Å²) in [5.41, 5.74) is 0.823. The predicted molar refractivity (Wildman–Crippen MR) is 64.8 cm³/mol. The second-order valence-corrected chi connectivity index (χ2v) is 3.46. The van der Waals surface area contributed by atoms with E-state index in [2.05, 4.69) is 10.6 Å². The van der Waals surface area contributed by atoms with Crippen LogP contribution in [0.4, 0.5) is 5.69 Å². The van der Waals surface area contributed by atoms with Crippen LogP contribution >= 0.6 is 0 Å². The van der Waals surface area contributed by atoms with Gasteiger partial charge in [-0.05, 0) is 26.0 Å². The lowest BCUT2D eigenvalue weighted by Crippen LogP contribution is -2.37. The molecule has 0 unspecified atom stereocenters. The van der Waals surface area contributed by atoms with Crippen molar-refractivity contribution in [3.63, 3.8) is 0 Å². The number of para-hydroxylation sites is 2. The number of likely N-dealkylation sites (N-methyl/N-ethyl adjacent to an activating group) is 1. The summed E-state index contributed by atoms with van der Waals surface area (Å²) in [7, 11) is 1.61. The van der Waals surface area contributed by atoms with Gasteiger partial charge in [0.25, 0.3) is 0 Å². The number of rotatable bonds is 5. The second kappa shape index (κ2) is 6.00. The van der Waals surface area contributed by atoms with Gasteiger partial charge in [0, 0.05) is 6.54 Å². The summed E-state index contributed by atoms with van der Waals surface area (Å²) in [6.07, 6.45) is 0. The molecule has 0 aromatic heterocycles. The van der Waals surface area contributed by atoms with Crippen molar-refractivity contribution in [1.82, 2.24) is 5.32 Å². The second-order valence-electron chi connectivity index (χ2n) is 3.46. The summed E-state index contributed by atoms with van der Waals surface area (Å²) in [5, 5.41) is 5.87. The Hall–Kier alpha value is -1.71. The number of anilines is 1. The molecular formula is C12H18N2O2. The molecule has 1 atom stereocenters.